The van der Waals surface area contributed by atoms with Crippen molar-refractivity contribution in [3.8, 4) is 0 Å². The molecule has 1 saturated heterocycles. The van der Waals surface area contributed by atoms with Crippen LogP contribution in [0.3, 0.4) is 0 Å². The SMILES string of the molecule is COCc1ccc(C(=O)N2CCN(CC(=O)NC(C)C)CC2)cc1. The van der Waals surface area contributed by atoms with Crippen LogP contribution in [0, 0.1) is 0 Å². The van der Waals surface area contributed by atoms with Crippen LogP contribution in [0.15, 0.2) is 24.3 Å². The molecule has 6 nitrogen and oxygen atoms in total. The molecule has 0 radical (unpaired) electrons. The van der Waals surface area contributed by atoms with Crippen LogP contribution in [-0.4, -0.2) is 67.5 Å². The number of benzene rings is 1. The Morgan fingerprint density at radius 2 is 1.75 bits per heavy atom. The highest BCUT2D eigenvalue weighted by molar-refractivity contribution is 5.94. The van der Waals surface area contributed by atoms with Crippen LogP contribution >= 0.6 is 0 Å². The second-order valence-corrected chi connectivity index (χ2v) is 6.42. The zero-order valence-electron chi connectivity index (χ0n) is 14.7. The molecule has 1 N–H and O–H groups in total. The monoisotopic (exact) mass is 333 g/mol. The largest absolute Gasteiger partial charge is 0.380 e. The van der Waals surface area contributed by atoms with E-state index in [2.05, 4.69) is 10.2 Å². The van der Waals surface area contributed by atoms with Gasteiger partial charge in [-0.2, -0.15) is 0 Å². The summed E-state index contributed by atoms with van der Waals surface area (Å²) >= 11 is 0. The number of piperazine rings is 1. The molecule has 0 bridgehead atoms. The summed E-state index contributed by atoms with van der Waals surface area (Å²) in [5.41, 5.74) is 1.75. The molecular formula is C18H27N3O3. The summed E-state index contributed by atoms with van der Waals surface area (Å²) in [6.45, 7) is 7.58. The number of ether oxygens (including phenoxy) is 1. The van der Waals surface area contributed by atoms with Crippen molar-refractivity contribution in [2.75, 3.05) is 39.8 Å². The van der Waals surface area contributed by atoms with Gasteiger partial charge in [-0.1, -0.05) is 12.1 Å². The molecule has 1 aromatic carbocycles. The highest BCUT2D eigenvalue weighted by Crippen LogP contribution is 2.11. The van der Waals surface area contributed by atoms with E-state index in [1.54, 1.807) is 7.11 Å². The molecule has 2 rings (SSSR count). The van der Waals surface area contributed by atoms with Crippen molar-refractivity contribution in [1.29, 1.82) is 0 Å². The third-order valence-electron chi connectivity index (χ3n) is 3.99. The molecular weight excluding hydrogens is 306 g/mol. The van der Waals surface area contributed by atoms with E-state index in [0.29, 0.717) is 31.8 Å². The lowest BCUT2D eigenvalue weighted by atomic mass is 10.1. The van der Waals surface area contributed by atoms with Crippen LogP contribution in [0.25, 0.3) is 0 Å². The Morgan fingerprint density at radius 3 is 2.29 bits per heavy atom. The number of carbonyl (C=O) groups is 2. The minimum Gasteiger partial charge on any atom is -0.380 e. The Bertz CT molecular complexity index is 549. The Kier molecular flexibility index (Phi) is 6.75. The van der Waals surface area contributed by atoms with Gasteiger partial charge in [0.25, 0.3) is 5.91 Å². The summed E-state index contributed by atoms with van der Waals surface area (Å²) in [6.07, 6.45) is 0. The van der Waals surface area contributed by atoms with Gasteiger partial charge in [-0.05, 0) is 31.5 Å². The van der Waals surface area contributed by atoms with Gasteiger partial charge >= 0.3 is 0 Å². The molecule has 2 amide bonds. The summed E-state index contributed by atoms with van der Waals surface area (Å²) in [4.78, 5) is 28.3. The number of methoxy groups -OCH3 is 1. The first-order valence-corrected chi connectivity index (χ1v) is 8.38. The van der Waals surface area contributed by atoms with Gasteiger partial charge in [-0.3, -0.25) is 14.5 Å². The normalized spacial score (nSPS) is 15.6. The minimum absolute atomic E-state index is 0.0403. The van der Waals surface area contributed by atoms with E-state index in [4.69, 9.17) is 4.74 Å². The fourth-order valence-corrected chi connectivity index (χ4v) is 2.77. The molecule has 1 heterocycles. The molecule has 1 aliphatic heterocycles. The minimum atomic E-state index is 0.0403. The Hall–Kier alpha value is -1.92. The van der Waals surface area contributed by atoms with E-state index in [9.17, 15) is 9.59 Å². The molecule has 0 spiro atoms. The van der Waals surface area contributed by atoms with Crippen molar-refractivity contribution >= 4 is 11.8 Å². The highest BCUT2D eigenvalue weighted by atomic mass is 16.5. The lowest BCUT2D eigenvalue weighted by molar-refractivity contribution is -0.123. The predicted molar refractivity (Wildman–Crippen MR) is 92.8 cm³/mol. The van der Waals surface area contributed by atoms with E-state index < -0.39 is 0 Å². The first kappa shape index (κ1) is 18.4. The van der Waals surface area contributed by atoms with Gasteiger partial charge < -0.3 is 15.0 Å². The van der Waals surface area contributed by atoms with Crippen molar-refractivity contribution < 1.29 is 14.3 Å². The maximum absolute atomic E-state index is 12.5. The number of amides is 2. The van der Waals surface area contributed by atoms with Crippen LogP contribution in [0.5, 0.6) is 0 Å². The fourth-order valence-electron chi connectivity index (χ4n) is 2.77. The second-order valence-electron chi connectivity index (χ2n) is 6.42. The summed E-state index contributed by atoms with van der Waals surface area (Å²) in [7, 11) is 1.65. The van der Waals surface area contributed by atoms with Crippen molar-refractivity contribution in [1.82, 2.24) is 15.1 Å². The lowest BCUT2D eigenvalue weighted by Gasteiger charge is -2.34. The number of hydrogen-bond donors (Lipinski definition) is 1. The average molecular weight is 333 g/mol. The van der Waals surface area contributed by atoms with Crippen LogP contribution < -0.4 is 5.32 Å². The number of carbonyl (C=O) groups excluding carboxylic acids is 2. The molecule has 1 aliphatic rings. The van der Waals surface area contributed by atoms with E-state index >= 15 is 0 Å². The van der Waals surface area contributed by atoms with Crippen molar-refractivity contribution in [3.63, 3.8) is 0 Å². The number of nitrogens with zero attached hydrogens (tertiary/aromatic N) is 2. The van der Waals surface area contributed by atoms with Gasteiger partial charge in [0.15, 0.2) is 0 Å². The van der Waals surface area contributed by atoms with E-state index in [1.165, 1.54) is 0 Å². The smallest absolute Gasteiger partial charge is 0.253 e. The van der Waals surface area contributed by atoms with Crippen LogP contribution in [0.4, 0.5) is 0 Å². The Balaban J connectivity index is 1.83. The third kappa shape index (κ3) is 5.32. The maximum Gasteiger partial charge on any atom is 0.253 e. The highest BCUT2D eigenvalue weighted by Gasteiger charge is 2.23. The fraction of sp³-hybridized carbons (Fsp3) is 0.556. The summed E-state index contributed by atoms with van der Waals surface area (Å²) in [6, 6.07) is 7.69. The average Bonchev–Trinajstić information content (AvgIpc) is 2.55. The van der Waals surface area contributed by atoms with Crippen LogP contribution in [0.1, 0.15) is 29.8 Å². The van der Waals surface area contributed by atoms with Gasteiger partial charge in [0.2, 0.25) is 5.91 Å². The zero-order chi connectivity index (χ0) is 17.5. The summed E-state index contributed by atoms with van der Waals surface area (Å²) in [5.74, 6) is 0.0868. The Morgan fingerprint density at radius 1 is 1.12 bits per heavy atom. The van der Waals surface area contributed by atoms with Crippen molar-refractivity contribution in [2.45, 2.75) is 26.5 Å². The van der Waals surface area contributed by atoms with Gasteiger partial charge in [0, 0.05) is 44.9 Å². The number of hydrogen-bond acceptors (Lipinski definition) is 4. The van der Waals surface area contributed by atoms with Gasteiger partial charge in [-0.25, -0.2) is 0 Å². The lowest BCUT2D eigenvalue weighted by Crippen LogP contribution is -2.51. The van der Waals surface area contributed by atoms with Crippen molar-refractivity contribution in [3.05, 3.63) is 35.4 Å². The quantitative estimate of drug-likeness (QED) is 0.847. The molecule has 0 atom stereocenters. The molecule has 0 unspecified atom stereocenters. The van der Waals surface area contributed by atoms with Crippen LogP contribution in [0.2, 0.25) is 0 Å². The predicted octanol–water partition coefficient (Wildman–Crippen LogP) is 1.12. The first-order chi connectivity index (χ1) is 11.5. The van der Waals surface area contributed by atoms with Crippen LogP contribution in [-0.2, 0) is 16.1 Å². The molecule has 1 aromatic rings. The topological polar surface area (TPSA) is 61.9 Å². The maximum atomic E-state index is 12.5. The molecule has 132 valence electrons. The van der Waals surface area contributed by atoms with E-state index in [-0.39, 0.29) is 17.9 Å². The summed E-state index contributed by atoms with van der Waals surface area (Å²) in [5, 5.41) is 2.89. The third-order valence-corrected chi connectivity index (χ3v) is 3.99. The van der Waals surface area contributed by atoms with E-state index in [1.807, 2.05) is 43.0 Å². The molecule has 6 heteroatoms. The molecule has 0 aromatic heterocycles. The molecule has 24 heavy (non-hydrogen) atoms. The number of nitrogens with one attached hydrogen (secondary N) is 1. The first-order valence-electron chi connectivity index (χ1n) is 8.38. The van der Waals surface area contributed by atoms with Gasteiger partial charge in [0.1, 0.15) is 0 Å². The second kappa shape index (κ2) is 8.80. The van der Waals surface area contributed by atoms with Crippen molar-refractivity contribution in [2.24, 2.45) is 0 Å². The molecule has 0 aliphatic carbocycles. The Labute approximate surface area is 143 Å². The van der Waals surface area contributed by atoms with Gasteiger partial charge in [0.05, 0.1) is 13.2 Å². The summed E-state index contributed by atoms with van der Waals surface area (Å²) < 4.78 is 5.08. The number of rotatable bonds is 6. The molecule has 1 fully saturated rings. The zero-order valence-corrected chi connectivity index (χ0v) is 14.7. The van der Waals surface area contributed by atoms with Gasteiger partial charge in [-0.15, -0.1) is 0 Å². The van der Waals surface area contributed by atoms with E-state index in [0.717, 1.165) is 18.7 Å². The standard InChI is InChI=1S/C18H27N3O3/c1-14(2)19-17(22)12-20-8-10-21(11-9-20)18(23)16-6-4-15(5-7-16)13-24-3/h4-7,14H,8-13H2,1-3H3,(H,19,22). The molecule has 0 saturated carbocycles.